The first-order valence-corrected chi connectivity index (χ1v) is 24.7. The lowest BCUT2D eigenvalue weighted by Crippen LogP contribution is -2.28. The Labute approximate surface area is 381 Å². The highest BCUT2D eigenvalue weighted by atomic mass is 16.6. The second-order valence-corrected chi connectivity index (χ2v) is 15.8. The monoisotopic (exact) mass is 855 g/mol. The molecule has 1 atom stereocenters. The van der Waals surface area contributed by atoms with Crippen LogP contribution in [0.25, 0.3) is 0 Å². The van der Waals surface area contributed by atoms with Gasteiger partial charge < -0.3 is 14.6 Å². The van der Waals surface area contributed by atoms with Gasteiger partial charge in [0.05, 0.1) is 6.61 Å². The zero-order chi connectivity index (χ0) is 44.9. The zero-order valence-electron chi connectivity index (χ0n) is 39.6. The molecule has 0 rings (SSSR count). The number of allylic oxidation sites excluding steroid dienone is 22. The molecule has 0 bridgehead atoms. The highest BCUT2D eigenvalue weighted by Crippen LogP contribution is 2.11. The van der Waals surface area contributed by atoms with Gasteiger partial charge in [0.2, 0.25) is 0 Å². The maximum Gasteiger partial charge on any atom is 0.306 e. The Morgan fingerprint density at radius 1 is 0.387 bits per heavy atom. The van der Waals surface area contributed by atoms with E-state index in [0.29, 0.717) is 12.8 Å². The van der Waals surface area contributed by atoms with Crippen LogP contribution in [-0.2, 0) is 19.1 Å². The standard InChI is InChI=1S/C57H90O5/c1-3-5-7-9-11-13-15-17-19-20-21-22-23-24-25-26-27-28-29-30-31-32-33-34-35-36-38-40-42-44-46-48-50-52-57(60)62-55(53-58)54-61-56(59)51-49-47-45-43-41-39-37-18-16-14-12-10-8-6-4-2/h5,7,11-14,17-19,21-22,24-25,27-28,30-31,33-34,36-38,55,58H,3-4,6,8-10,15-16,20,23,26,29,32,35,39-54H2,1-2H3/b7-5-,13-11-,14-12-,19-17-,22-21-,25-24-,28-27-,31-30-,34-33-,37-18-,38-36-. The van der Waals surface area contributed by atoms with E-state index < -0.39 is 6.10 Å². The van der Waals surface area contributed by atoms with E-state index in [1.807, 2.05) is 0 Å². The van der Waals surface area contributed by atoms with Crippen molar-refractivity contribution < 1.29 is 24.2 Å². The molecular weight excluding hydrogens is 765 g/mol. The number of unbranched alkanes of at least 4 members (excludes halogenated alkanes) is 13. The average Bonchev–Trinajstić information content (AvgIpc) is 3.28. The maximum atomic E-state index is 12.2. The van der Waals surface area contributed by atoms with Crippen molar-refractivity contribution in [3.63, 3.8) is 0 Å². The van der Waals surface area contributed by atoms with E-state index in [9.17, 15) is 14.7 Å². The molecule has 0 aromatic carbocycles. The number of hydrogen-bond acceptors (Lipinski definition) is 5. The molecule has 62 heavy (non-hydrogen) atoms. The smallest absolute Gasteiger partial charge is 0.306 e. The Balaban J connectivity index is 3.67. The second kappa shape index (κ2) is 51.4. The SMILES string of the molecule is CC/C=C\C/C=C\C/C=C\C/C=C\C/C=C\C/C=C\C/C=C\C/C=C\C/C=C\CCCCCCCC(=O)OC(CO)COC(=O)CCCCCCC/C=C\C/C=C\CCCCC. The molecule has 0 aromatic heterocycles. The molecule has 0 saturated carbocycles. The van der Waals surface area contributed by atoms with Crippen molar-refractivity contribution in [1.82, 2.24) is 0 Å². The number of esters is 2. The van der Waals surface area contributed by atoms with E-state index in [1.54, 1.807) is 0 Å². The van der Waals surface area contributed by atoms with E-state index in [0.717, 1.165) is 135 Å². The van der Waals surface area contributed by atoms with Gasteiger partial charge >= 0.3 is 11.9 Å². The van der Waals surface area contributed by atoms with Crippen molar-refractivity contribution in [1.29, 1.82) is 0 Å². The summed E-state index contributed by atoms with van der Waals surface area (Å²) in [7, 11) is 0. The largest absolute Gasteiger partial charge is 0.462 e. The molecule has 1 unspecified atom stereocenters. The number of aliphatic hydroxyl groups is 1. The van der Waals surface area contributed by atoms with Gasteiger partial charge in [-0.1, -0.05) is 199 Å². The van der Waals surface area contributed by atoms with Gasteiger partial charge in [-0.05, 0) is 116 Å². The first kappa shape index (κ1) is 58.0. The Hall–Kier alpha value is -3.96. The molecule has 5 nitrogen and oxygen atoms in total. The molecule has 5 heteroatoms. The highest BCUT2D eigenvalue weighted by Gasteiger charge is 2.16. The fourth-order valence-corrected chi connectivity index (χ4v) is 6.22. The number of ether oxygens (including phenoxy) is 2. The molecule has 0 fully saturated rings. The normalized spacial score (nSPS) is 13.4. The third-order valence-electron chi connectivity index (χ3n) is 9.93. The van der Waals surface area contributed by atoms with Crippen LogP contribution >= 0.6 is 0 Å². The third kappa shape index (κ3) is 48.7. The molecule has 0 aliphatic heterocycles. The number of rotatable bonds is 43. The summed E-state index contributed by atoms with van der Waals surface area (Å²) in [6.45, 7) is 3.95. The van der Waals surface area contributed by atoms with Crippen molar-refractivity contribution in [2.75, 3.05) is 13.2 Å². The molecule has 0 radical (unpaired) electrons. The van der Waals surface area contributed by atoms with Crippen LogP contribution in [0.15, 0.2) is 134 Å². The molecule has 0 aromatic rings. The Bertz CT molecular complexity index is 1330. The van der Waals surface area contributed by atoms with Crippen molar-refractivity contribution in [3.8, 4) is 0 Å². The van der Waals surface area contributed by atoms with E-state index in [2.05, 4.69) is 148 Å². The van der Waals surface area contributed by atoms with Crippen LogP contribution in [0.1, 0.15) is 194 Å². The summed E-state index contributed by atoms with van der Waals surface area (Å²) in [6, 6.07) is 0. The van der Waals surface area contributed by atoms with Gasteiger partial charge in [-0.25, -0.2) is 0 Å². The van der Waals surface area contributed by atoms with Crippen LogP contribution < -0.4 is 0 Å². The van der Waals surface area contributed by atoms with Gasteiger partial charge in [-0.2, -0.15) is 0 Å². The first-order chi connectivity index (χ1) is 30.6. The van der Waals surface area contributed by atoms with Crippen LogP contribution in [0, 0.1) is 0 Å². The van der Waals surface area contributed by atoms with Gasteiger partial charge in [-0.3, -0.25) is 9.59 Å². The minimum Gasteiger partial charge on any atom is -0.462 e. The lowest BCUT2D eigenvalue weighted by molar-refractivity contribution is -0.161. The Morgan fingerprint density at radius 2 is 0.694 bits per heavy atom. The predicted molar refractivity (Wildman–Crippen MR) is 269 cm³/mol. The molecular formula is C57H90O5. The van der Waals surface area contributed by atoms with Gasteiger partial charge in [0.25, 0.3) is 0 Å². The first-order valence-electron chi connectivity index (χ1n) is 24.7. The van der Waals surface area contributed by atoms with Crippen molar-refractivity contribution in [2.24, 2.45) is 0 Å². The van der Waals surface area contributed by atoms with E-state index >= 15 is 0 Å². The topological polar surface area (TPSA) is 72.8 Å². The number of hydrogen-bond donors (Lipinski definition) is 1. The average molecular weight is 855 g/mol. The second-order valence-electron chi connectivity index (χ2n) is 15.8. The molecule has 0 amide bonds. The lowest BCUT2D eigenvalue weighted by Gasteiger charge is -2.15. The maximum absolute atomic E-state index is 12.2. The minimum atomic E-state index is -0.798. The van der Waals surface area contributed by atoms with Crippen LogP contribution in [0.5, 0.6) is 0 Å². The summed E-state index contributed by atoms with van der Waals surface area (Å²) < 4.78 is 10.6. The van der Waals surface area contributed by atoms with Crippen molar-refractivity contribution >= 4 is 11.9 Å². The van der Waals surface area contributed by atoms with Crippen molar-refractivity contribution in [3.05, 3.63) is 134 Å². The molecule has 0 heterocycles. The zero-order valence-corrected chi connectivity index (χ0v) is 39.6. The molecule has 0 saturated heterocycles. The molecule has 0 aliphatic carbocycles. The quantitative estimate of drug-likeness (QED) is 0.0376. The third-order valence-corrected chi connectivity index (χ3v) is 9.93. The lowest BCUT2D eigenvalue weighted by atomic mass is 10.1. The molecule has 1 N–H and O–H groups in total. The Morgan fingerprint density at radius 3 is 1.05 bits per heavy atom. The molecule has 0 spiro atoms. The Kier molecular flexibility index (Phi) is 48.1. The summed E-state index contributed by atoms with van der Waals surface area (Å²) in [6.07, 6.45) is 76.7. The van der Waals surface area contributed by atoms with E-state index in [4.69, 9.17) is 9.47 Å². The van der Waals surface area contributed by atoms with E-state index in [-0.39, 0.29) is 25.2 Å². The highest BCUT2D eigenvalue weighted by molar-refractivity contribution is 5.70. The van der Waals surface area contributed by atoms with Crippen LogP contribution in [0.3, 0.4) is 0 Å². The summed E-state index contributed by atoms with van der Waals surface area (Å²) in [5.74, 6) is -0.641. The summed E-state index contributed by atoms with van der Waals surface area (Å²) in [5, 5.41) is 9.60. The summed E-state index contributed by atoms with van der Waals surface area (Å²) >= 11 is 0. The van der Waals surface area contributed by atoms with E-state index in [1.165, 1.54) is 32.1 Å². The number of carbonyl (C=O) groups is 2. The summed E-state index contributed by atoms with van der Waals surface area (Å²) in [5.41, 5.74) is 0. The summed E-state index contributed by atoms with van der Waals surface area (Å²) in [4.78, 5) is 24.4. The van der Waals surface area contributed by atoms with Crippen LogP contribution in [0.4, 0.5) is 0 Å². The molecule has 0 aliphatic rings. The minimum absolute atomic E-state index is 0.0899. The van der Waals surface area contributed by atoms with Gasteiger partial charge in [-0.15, -0.1) is 0 Å². The molecule has 348 valence electrons. The van der Waals surface area contributed by atoms with Crippen LogP contribution in [0.2, 0.25) is 0 Å². The fraction of sp³-hybridized carbons (Fsp3) is 0.579. The predicted octanol–water partition coefficient (Wildman–Crippen LogP) is 16.5. The number of carbonyl (C=O) groups excluding carboxylic acids is 2. The number of aliphatic hydroxyl groups excluding tert-OH is 1. The van der Waals surface area contributed by atoms with Crippen molar-refractivity contribution in [2.45, 2.75) is 200 Å². The van der Waals surface area contributed by atoms with Gasteiger partial charge in [0.1, 0.15) is 6.61 Å². The fourth-order valence-electron chi connectivity index (χ4n) is 6.22. The van der Waals surface area contributed by atoms with Crippen LogP contribution in [-0.4, -0.2) is 36.4 Å². The van der Waals surface area contributed by atoms with Gasteiger partial charge in [0.15, 0.2) is 6.10 Å². The van der Waals surface area contributed by atoms with Gasteiger partial charge in [0, 0.05) is 12.8 Å².